The molecule has 0 aromatic heterocycles. The van der Waals surface area contributed by atoms with E-state index >= 15 is 0 Å². The van der Waals surface area contributed by atoms with Gasteiger partial charge in [-0.05, 0) is 39.2 Å². The van der Waals surface area contributed by atoms with Crippen LogP contribution in [0.2, 0.25) is 0 Å². The van der Waals surface area contributed by atoms with Crippen molar-refractivity contribution in [2.45, 2.75) is 70.9 Å². The minimum absolute atomic E-state index is 0.167. The zero-order chi connectivity index (χ0) is 11.1. The molecule has 2 heteroatoms. The second kappa shape index (κ2) is 7.24. The van der Waals surface area contributed by atoms with E-state index in [1.807, 2.05) is 6.92 Å². The van der Waals surface area contributed by atoms with Gasteiger partial charge in [0.15, 0.2) is 0 Å². The first-order valence-corrected chi connectivity index (χ1v) is 6.60. The van der Waals surface area contributed by atoms with Gasteiger partial charge in [0.2, 0.25) is 0 Å². The third-order valence-corrected chi connectivity index (χ3v) is 3.47. The summed E-state index contributed by atoms with van der Waals surface area (Å²) in [5.41, 5.74) is 0. The summed E-state index contributed by atoms with van der Waals surface area (Å²) in [4.78, 5) is 0. The molecule has 2 nitrogen and oxygen atoms in total. The molecule has 0 radical (unpaired) electrons. The molecule has 0 saturated heterocycles. The first-order valence-electron chi connectivity index (χ1n) is 6.60. The third kappa shape index (κ3) is 6.16. The van der Waals surface area contributed by atoms with E-state index in [-0.39, 0.29) is 6.10 Å². The highest BCUT2D eigenvalue weighted by atomic mass is 16.3. The molecule has 1 aliphatic rings. The van der Waals surface area contributed by atoms with Gasteiger partial charge in [-0.25, -0.2) is 0 Å². The summed E-state index contributed by atoms with van der Waals surface area (Å²) in [5.74, 6) is 0.952. The summed E-state index contributed by atoms with van der Waals surface area (Å²) in [6.07, 6.45) is 9.20. The van der Waals surface area contributed by atoms with Gasteiger partial charge in [-0.3, -0.25) is 0 Å². The van der Waals surface area contributed by atoms with Crippen molar-refractivity contribution in [3.63, 3.8) is 0 Å². The van der Waals surface area contributed by atoms with E-state index in [4.69, 9.17) is 5.11 Å². The number of rotatable bonds is 6. The van der Waals surface area contributed by atoms with Gasteiger partial charge < -0.3 is 10.4 Å². The number of hydrogen-bond acceptors (Lipinski definition) is 2. The monoisotopic (exact) mass is 213 g/mol. The Hall–Kier alpha value is -0.0800. The van der Waals surface area contributed by atoms with Crippen molar-refractivity contribution in [3.05, 3.63) is 0 Å². The fourth-order valence-corrected chi connectivity index (χ4v) is 2.54. The molecule has 1 aliphatic carbocycles. The molecule has 0 heterocycles. The summed E-state index contributed by atoms with van der Waals surface area (Å²) in [6, 6.07) is 0.617. The molecule has 0 aromatic carbocycles. The Kier molecular flexibility index (Phi) is 6.26. The van der Waals surface area contributed by atoms with Crippen molar-refractivity contribution in [2.75, 3.05) is 6.54 Å². The van der Waals surface area contributed by atoms with Crippen molar-refractivity contribution >= 4 is 0 Å². The summed E-state index contributed by atoms with van der Waals surface area (Å²) in [5, 5.41) is 12.6. The SMILES string of the molecule is CC(O)CCNC(C)CC1CCCCC1. The lowest BCUT2D eigenvalue weighted by Crippen LogP contribution is -2.31. The van der Waals surface area contributed by atoms with Crippen LogP contribution in [-0.2, 0) is 0 Å². The van der Waals surface area contributed by atoms with Gasteiger partial charge >= 0.3 is 0 Å². The Labute approximate surface area is 94.5 Å². The van der Waals surface area contributed by atoms with Crippen molar-refractivity contribution in [2.24, 2.45) is 5.92 Å². The van der Waals surface area contributed by atoms with E-state index in [0.717, 1.165) is 18.9 Å². The molecule has 1 rings (SSSR count). The highest BCUT2D eigenvalue weighted by Crippen LogP contribution is 2.27. The predicted molar refractivity (Wildman–Crippen MR) is 65.0 cm³/mol. The van der Waals surface area contributed by atoms with Crippen LogP contribution in [0.1, 0.15) is 58.8 Å². The quantitative estimate of drug-likeness (QED) is 0.711. The molecule has 90 valence electrons. The standard InChI is InChI=1S/C13H27NO/c1-11(14-9-8-12(2)15)10-13-6-4-3-5-7-13/h11-15H,3-10H2,1-2H3. The first kappa shape index (κ1) is 13.0. The maximum absolute atomic E-state index is 9.15. The molecule has 0 spiro atoms. The molecular formula is C13H27NO. The summed E-state index contributed by atoms with van der Waals surface area (Å²) >= 11 is 0. The van der Waals surface area contributed by atoms with Crippen LogP contribution in [0, 0.1) is 5.92 Å². The molecule has 15 heavy (non-hydrogen) atoms. The minimum atomic E-state index is -0.167. The van der Waals surface area contributed by atoms with Crippen LogP contribution in [0.3, 0.4) is 0 Å². The molecule has 1 saturated carbocycles. The predicted octanol–water partition coefficient (Wildman–Crippen LogP) is 2.71. The van der Waals surface area contributed by atoms with Crippen LogP contribution >= 0.6 is 0 Å². The van der Waals surface area contributed by atoms with Gasteiger partial charge in [0.25, 0.3) is 0 Å². The van der Waals surface area contributed by atoms with Gasteiger partial charge in [0.05, 0.1) is 6.10 Å². The molecule has 0 aromatic rings. The third-order valence-electron chi connectivity index (χ3n) is 3.47. The summed E-state index contributed by atoms with van der Waals surface area (Å²) in [7, 11) is 0. The highest BCUT2D eigenvalue weighted by molar-refractivity contribution is 4.71. The number of hydrogen-bond donors (Lipinski definition) is 2. The lowest BCUT2D eigenvalue weighted by Gasteiger charge is -2.25. The molecule has 2 N–H and O–H groups in total. The van der Waals surface area contributed by atoms with Gasteiger partial charge in [-0.2, -0.15) is 0 Å². The van der Waals surface area contributed by atoms with Crippen molar-refractivity contribution in [1.29, 1.82) is 0 Å². The molecular weight excluding hydrogens is 186 g/mol. The fourth-order valence-electron chi connectivity index (χ4n) is 2.54. The number of nitrogens with one attached hydrogen (secondary N) is 1. The lowest BCUT2D eigenvalue weighted by atomic mass is 9.85. The maximum atomic E-state index is 9.15. The van der Waals surface area contributed by atoms with Gasteiger partial charge in [0.1, 0.15) is 0 Å². The van der Waals surface area contributed by atoms with Crippen LogP contribution < -0.4 is 5.32 Å². The van der Waals surface area contributed by atoms with Crippen LogP contribution in [0.4, 0.5) is 0 Å². The Morgan fingerprint density at radius 2 is 1.87 bits per heavy atom. The molecule has 0 bridgehead atoms. The average molecular weight is 213 g/mol. The molecule has 2 atom stereocenters. The maximum Gasteiger partial charge on any atom is 0.0524 e. The summed E-state index contributed by atoms with van der Waals surface area (Å²) in [6.45, 7) is 5.08. The van der Waals surface area contributed by atoms with E-state index in [1.54, 1.807) is 0 Å². The van der Waals surface area contributed by atoms with Crippen LogP contribution in [-0.4, -0.2) is 23.8 Å². The van der Waals surface area contributed by atoms with E-state index in [0.29, 0.717) is 6.04 Å². The topological polar surface area (TPSA) is 32.3 Å². The Balaban J connectivity index is 2.03. The van der Waals surface area contributed by atoms with Gasteiger partial charge in [0, 0.05) is 6.04 Å². The van der Waals surface area contributed by atoms with Crippen molar-refractivity contribution < 1.29 is 5.11 Å². The van der Waals surface area contributed by atoms with E-state index in [2.05, 4.69) is 12.2 Å². The zero-order valence-corrected chi connectivity index (χ0v) is 10.3. The Bertz CT molecular complexity index is 153. The fraction of sp³-hybridized carbons (Fsp3) is 1.00. The largest absolute Gasteiger partial charge is 0.393 e. The second-order valence-corrected chi connectivity index (χ2v) is 5.23. The molecule has 2 unspecified atom stereocenters. The highest BCUT2D eigenvalue weighted by Gasteiger charge is 2.15. The van der Waals surface area contributed by atoms with Crippen LogP contribution in [0.25, 0.3) is 0 Å². The minimum Gasteiger partial charge on any atom is -0.393 e. The lowest BCUT2D eigenvalue weighted by molar-refractivity contribution is 0.181. The zero-order valence-electron chi connectivity index (χ0n) is 10.3. The average Bonchev–Trinajstić information content (AvgIpc) is 2.18. The number of aliphatic hydroxyl groups is 1. The van der Waals surface area contributed by atoms with Gasteiger partial charge in [-0.1, -0.05) is 32.1 Å². The molecule has 1 fully saturated rings. The second-order valence-electron chi connectivity index (χ2n) is 5.23. The van der Waals surface area contributed by atoms with E-state index < -0.39 is 0 Å². The Morgan fingerprint density at radius 3 is 2.47 bits per heavy atom. The number of aliphatic hydroxyl groups excluding tert-OH is 1. The van der Waals surface area contributed by atoms with Crippen LogP contribution in [0.5, 0.6) is 0 Å². The molecule has 0 amide bonds. The van der Waals surface area contributed by atoms with E-state index in [9.17, 15) is 0 Å². The summed E-state index contributed by atoms with van der Waals surface area (Å²) < 4.78 is 0. The normalized spacial score (nSPS) is 22.6. The Morgan fingerprint density at radius 1 is 1.20 bits per heavy atom. The van der Waals surface area contributed by atoms with Crippen molar-refractivity contribution in [3.8, 4) is 0 Å². The molecule has 0 aliphatic heterocycles. The smallest absolute Gasteiger partial charge is 0.0524 e. The van der Waals surface area contributed by atoms with E-state index in [1.165, 1.54) is 38.5 Å². The van der Waals surface area contributed by atoms with Gasteiger partial charge in [-0.15, -0.1) is 0 Å². The van der Waals surface area contributed by atoms with Crippen LogP contribution in [0.15, 0.2) is 0 Å². The first-order chi connectivity index (χ1) is 7.18. The van der Waals surface area contributed by atoms with Crippen molar-refractivity contribution in [1.82, 2.24) is 5.32 Å².